The van der Waals surface area contributed by atoms with Crippen molar-refractivity contribution in [2.75, 3.05) is 0 Å². The van der Waals surface area contributed by atoms with E-state index in [1.165, 1.54) is 11.1 Å². The molecule has 1 aromatic carbocycles. The Morgan fingerprint density at radius 3 is 2.33 bits per heavy atom. The molecule has 0 aliphatic heterocycles. The van der Waals surface area contributed by atoms with Gasteiger partial charge in [-0.2, -0.15) is 0 Å². The highest BCUT2D eigenvalue weighted by Gasteiger charge is 2.14. The zero-order chi connectivity index (χ0) is 11.4. The van der Waals surface area contributed by atoms with Crippen molar-refractivity contribution >= 4 is 5.78 Å². The van der Waals surface area contributed by atoms with Gasteiger partial charge < -0.3 is 0 Å². The molecule has 0 heterocycles. The maximum absolute atomic E-state index is 11.4. The first-order valence-electron chi connectivity index (χ1n) is 5.60. The van der Waals surface area contributed by atoms with E-state index >= 15 is 0 Å². The fourth-order valence-electron chi connectivity index (χ4n) is 1.80. The van der Waals surface area contributed by atoms with Gasteiger partial charge in [0.15, 0.2) is 0 Å². The van der Waals surface area contributed by atoms with Gasteiger partial charge in [-0.05, 0) is 30.4 Å². The van der Waals surface area contributed by atoms with Crippen LogP contribution < -0.4 is 0 Å². The first-order chi connectivity index (χ1) is 7.02. The Morgan fingerprint density at radius 1 is 1.20 bits per heavy atom. The Kier molecular flexibility index (Phi) is 4.07. The third-order valence-electron chi connectivity index (χ3n) is 2.76. The topological polar surface area (TPSA) is 17.1 Å². The van der Waals surface area contributed by atoms with E-state index in [0.717, 1.165) is 6.42 Å². The van der Waals surface area contributed by atoms with Crippen LogP contribution in [0.5, 0.6) is 0 Å². The molecule has 0 unspecified atom stereocenters. The number of rotatable bonds is 4. The summed E-state index contributed by atoms with van der Waals surface area (Å²) in [5, 5.41) is 0. The van der Waals surface area contributed by atoms with Gasteiger partial charge >= 0.3 is 0 Å². The minimum absolute atomic E-state index is 0.0277. The van der Waals surface area contributed by atoms with E-state index in [1.807, 2.05) is 19.1 Å². The molecule has 0 amide bonds. The van der Waals surface area contributed by atoms with Crippen LogP contribution in [0, 0.1) is 5.92 Å². The first kappa shape index (κ1) is 12.0. The third-order valence-corrected chi connectivity index (χ3v) is 2.76. The SMILES string of the molecule is CC(=O)[C@H](C)c1ccccc1CC(C)C. The second-order valence-electron chi connectivity index (χ2n) is 4.63. The number of hydrogen-bond acceptors (Lipinski definition) is 1. The predicted octanol–water partition coefficient (Wildman–Crippen LogP) is 3.58. The van der Waals surface area contributed by atoms with Gasteiger partial charge in [0.2, 0.25) is 0 Å². The smallest absolute Gasteiger partial charge is 0.136 e. The number of ketones is 1. The van der Waals surface area contributed by atoms with E-state index in [0.29, 0.717) is 5.92 Å². The van der Waals surface area contributed by atoms with Crippen LogP contribution in [0.4, 0.5) is 0 Å². The lowest BCUT2D eigenvalue weighted by Crippen LogP contribution is -2.08. The molecule has 0 radical (unpaired) electrons. The molecular formula is C14H20O. The summed E-state index contributed by atoms with van der Waals surface area (Å²) in [6, 6.07) is 8.27. The molecule has 0 saturated heterocycles. The summed E-state index contributed by atoms with van der Waals surface area (Å²) in [5.74, 6) is 0.900. The van der Waals surface area contributed by atoms with Crippen molar-refractivity contribution in [1.82, 2.24) is 0 Å². The molecule has 1 rings (SSSR count). The predicted molar refractivity (Wildman–Crippen MR) is 64.1 cm³/mol. The van der Waals surface area contributed by atoms with Gasteiger partial charge in [-0.25, -0.2) is 0 Å². The highest BCUT2D eigenvalue weighted by molar-refractivity contribution is 5.83. The summed E-state index contributed by atoms with van der Waals surface area (Å²) in [6.07, 6.45) is 1.05. The number of hydrogen-bond donors (Lipinski definition) is 0. The number of carbonyl (C=O) groups excluding carboxylic acids is 1. The molecule has 82 valence electrons. The highest BCUT2D eigenvalue weighted by atomic mass is 16.1. The van der Waals surface area contributed by atoms with E-state index in [1.54, 1.807) is 6.92 Å². The molecule has 1 aromatic rings. The van der Waals surface area contributed by atoms with Crippen LogP contribution >= 0.6 is 0 Å². The Balaban J connectivity index is 3.00. The molecule has 15 heavy (non-hydrogen) atoms. The van der Waals surface area contributed by atoms with Crippen molar-refractivity contribution in [3.05, 3.63) is 35.4 Å². The molecule has 0 saturated carbocycles. The summed E-state index contributed by atoms with van der Waals surface area (Å²) in [5.41, 5.74) is 2.51. The van der Waals surface area contributed by atoms with Gasteiger partial charge in [-0.15, -0.1) is 0 Å². The lowest BCUT2D eigenvalue weighted by molar-refractivity contribution is -0.118. The van der Waals surface area contributed by atoms with Crippen molar-refractivity contribution in [3.63, 3.8) is 0 Å². The lowest BCUT2D eigenvalue weighted by atomic mass is 9.89. The molecule has 0 aromatic heterocycles. The van der Waals surface area contributed by atoms with Crippen LogP contribution in [0.15, 0.2) is 24.3 Å². The average Bonchev–Trinajstić information content (AvgIpc) is 2.16. The fraction of sp³-hybridized carbons (Fsp3) is 0.500. The molecule has 0 aliphatic carbocycles. The summed E-state index contributed by atoms with van der Waals surface area (Å²) < 4.78 is 0. The molecule has 0 N–H and O–H groups in total. The molecule has 1 atom stereocenters. The van der Waals surface area contributed by atoms with Crippen molar-refractivity contribution < 1.29 is 4.79 Å². The van der Waals surface area contributed by atoms with Crippen molar-refractivity contribution in [1.29, 1.82) is 0 Å². The van der Waals surface area contributed by atoms with Crippen molar-refractivity contribution in [2.24, 2.45) is 5.92 Å². The summed E-state index contributed by atoms with van der Waals surface area (Å²) >= 11 is 0. The molecular weight excluding hydrogens is 184 g/mol. The second kappa shape index (κ2) is 5.11. The summed E-state index contributed by atoms with van der Waals surface area (Å²) in [7, 11) is 0. The molecule has 0 fully saturated rings. The van der Waals surface area contributed by atoms with Crippen LogP contribution in [0.2, 0.25) is 0 Å². The number of carbonyl (C=O) groups is 1. The van der Waals surface area contributed by atoms with E-state index < -0.39 is 0 Å². The molecule has 0 spiro atoms. The third kappa shape index (κ3) is 3.19. The Hall–Kier alpha value is -1.11. The lowest BCUT2D eigenvalue weighted by Gasteiger charge is -2.15. The van der Waals surface area contributed by atoms with E-state index in [-0.39, 0.29) is 11.7 Å². The van der Waals surface area contributed by atoms with E-state index in [9.17, 15) is 4.79 Å². The Morgan fingerprint density at radius 2 is 1.80 bits per heavy atom. The molecule has 0 bridgehead atoms. The van der Waals surface area contributed by atoms with Crippen LogP contribution in [0.1, 0.15) is 44.7 Å². The van der Waals surface area contributed by atoms with Crippen LogP contribution in [0.3, 0.4) is 0 Å². The minimum atomic E-state index is 0.0277. The van der Waals surface area contributed by atoms with Gasteiger partial charge in [0, 0.05) is 5.92 Å². The first-order valence-corrected chi connectivity index (χ1v) is 5.60. The maximum atomic E-state index is 11.4. The zero-order valence-electron chi connectivity index (χ0n) is 10.1. The fourth-order valence-corrected chi connectivity index (χ4v) is 1.80. The maximum Gasteiger partial charge on any atom is 0.136 e. The number of Topliss-reactive ketones (excluding diaryl/α,β-unsaturated/α-hetero) is 1. The Labute approximate surface area is 92.5 Å². The van der Waals surface area contributed by atoms with Crippen molar-refractivity contribution in [3.8, 4) is 0 Å². The quantitative estimate of drug-likeness (QED) is 0.732. The van der Waals surface area contributed by atoms with Crippen LogP contribution in [0.25, 0.3) is 0 Å². The summed E-state index contributed by atoms with van der Waals surface area (Å²) in [4.78, 5) is 11.4. The standard InChI is InChI=1S/C14H20O/c1-10(2)9-13-7-5-6-8-14(13)11(3)12(4)15/h5-8,10-11H,9H2,1-4H3/t11-/m0/s1. The van der Waals surface area contributed by atoms with Crippen LogP contribution in [-0.2, 0) is 11.2 Å². The number of benzene rings is 1. The van der Waals surface area contributed by atoms with Gasteiger partial charge in [-0.3, -0.25) is 4.79 Å². The minimum Gasteiger partial charge on any atom is -0.299 e. The molecule has 1 heteroatoms. The average molecular weight is 204 g/mol. The molecule has 0 aliphatic rings. The van der Waals surface area contributed by atoms with Crippen LogP contribution in [-0.4, -0.2) is 5.78 Å². The summed E-state index contributed by atoms with van der Waals surface area (Å²) in [6.45, 7) is 8.06. The largest absolute Gasteiger partial charge is 0.299 e. The van der Waals surface area contributed by atoms with Gasteiger partial charge in [-0.1, -0.05) is 45.0 Å². The second-order valence-corrected chi connectivity index (χ2v) is 4.63. The van der Waals surface area contributed by atoms with Gasteiger partial charge in [0.05, 0.1) is 0 Å². The van der Waals surface area contributed by atoms with Crippen molar-refractivity contribution in [2.45, 2.75) is 40.0 Å². The highest BCUT2D eigenvalue weighted by Crippen LogP contribution is 2.22. The normalized spacial score (nSPS) is 12.9. The monoisotopic (exact) mass is 204 g/mol. The van der Waals surface area contributed by atoms with E-state index in [4.69, 9.17) is 0 Å². The molecule has 1 nitrogen and oxygen atoms in total. The Bertz CT molecular complexity index is 339. The van der Waals surface area contributed by atoms with Gasteiger partial charge in [0.25, 0.3) is 0 Å². The zero-order valence-corrected chi connectivity index (χ0v) is 10.1. The van der Waals surface area contributed by atoms with Gasteiger partial charge in [0.1, 0.15) is 5.78 Å². The van der Waals surface area contributed by atoms with E-state index in [2.05, 4.69) is 26.0 Å².